The van der Waals surface area contributed by atoms with Crippen LogP contribution in [0.1, 0.15) is 25.3 Å². The van der Waals surface area contributed by atoms with Crippen molar-refractivity contribution in [3.63, 3.8) is 0 Å². The van der Waals surface area contributed by atoms with Crippen LogP contribution in [0, 0.1) is 18.7 Å². The Labute approximate surface area is 122 Å². The maximum atomic E-state index is 13.2. The Bertz CT molecular complexity index is 562. The molecule has 2 unspecified atom stereocenters. The van der Waals surface area contributed by atoms with Crippen LogP contribution in [0.3, 0.4) is 0 Å². The van der Waals surface area contributed by atoms with E-state index in [-0.39, 0.29) is 5.92 Å². The van der Waals surface area contributed by atoms with Gasteiger partial charge < -0.3 is 15.3 Å². The van der Waals surface area contributed by atoms with Crippen molar-refractivity contribution < 1.29 is 19.1 Å². The van der Waals surface area contributed by atoms with E-state index in [2.05, 4.69) is 5.32 Å². The molecule has 1 aliphatic heterocycles. The minimum atomic E-state index is -1.01. The van der Waals surface area contributed by atoms with Gasteiger partial charge in [0.15, 0.2) is 0 Å². The predicted molar refractivity (Wildman–Crippen MR) is 76.7 cm³/mol. The van der Waals surface area contributed by atoms with Crippen molar-refractivity contribution >= 4 is 17.7 Å². The maximum Gasteiger partial charge on any atom is 0.326 e. The second-order valence-corrected chi connectivity index (χ2v) is 5.57. The van der Waals surface area contributed by atoms with Crippen LogP contribution in [0.5, 0.6) is 0 Å². The third kappa shape index (κ3) is 3.51. The van der Waals surface area contributed by atoms with Gasteiger partial charge in [0.25, 0.3) is 0 Å². The number of carboxylic acids is 1. The predicted octanol–water partition coefficient (Wildman–Crippen LogP) is 2.85. The van der Waals surface area contributed by atoms with Crippen molar-refractivity contribution in [3.05, 3.63) is 29.6 Å². The van der Waals surface area contributed by atoms with Crippen LogP contribution in [0.4, 0.5) is 14.9 Å². The van der Waals surface area contributed by atoms with Gasteiger partial charge >= 0.3 is 12.0 Å². The van der Waals surface area contributed by atoms with Gasteiger partial charge in [-0.1, -0.05) is 13.0 Å². The number of anilines is 1. The minimum Gasteiger partial charge on any atom is -0.480 e. The van der Waals surface area contributed by atoms with Gasteiger partial charge in [0.05, 0.1) is 0 Å². The largest absolute Gasteiger partial charge is 0.480 e. The molecule has 1 aromatic carbocycles. The molecule has 0 aromatic heterocycles. The van der Waals surface area contributed by atoms with Crippen LogP contribution >= 0.6 is 0 Å². The number of likely N-dealkylation sites (tertiary alicyclic amines) is 1. The first-order valence-corrected chi connectivity index (χ1v) is 6.95. The Kier molecular flexibility index (Phi) is 4.45. The van der Waals surface area contributed by atoms with Crippen molar-refractivity contribution in [1.82, 2.24) is 4.90 Å². The molecule has 2 amide bonds. The highest BCUT2D eigenvalue weighted by atomic mass is 19.1. The zero-order valence-electron chi connectivity index (χ0n) is 12.1. The lowest BCUT2D eigenvalue weighted by Gasteiger charge is -2.36. The van der Waals surface area contributed by atoms with Gasteiger partial charge in [-0.25, -0.2) is 14.0 Å². The first-order chi connectivity index (χ1) is 9.88. The van der Waals surface area contributed by atoms with Crippen molar-refractivity contribution in [2.45, 2.75) is 32.7 Å². The summed E-state index contributed by atoms with van der Waals surface area (Å²) in [5.74, 6) is -1.18. The lowest BCUT2D eigenvalue weighted by atomic mass is 9.93. The first kappa shape index (κ1) is 15.3. The topological polar surface area (TPSA) is 69.6 Å². The zero-order chi connectivity index (χ0) is 15.6. The molecule has 0 radical (unpaired) electrons. The molecule has 0 bridgehead atoms. The highest BCUT2D eigenvalue weighted by molar-refractivity contribution is 5.93. The average molecular weight is 294 g/mol. The summed E-state index contributed by atoms with van der Waals surface area (Å²) in [6.07, 6.45) is 1.20. The molecule has 5 nitrogen and oxygen atoms in total. The van der Waals surface area contributed by atoms with Crippen LogP contribution in [0.2, 0.25) is 0 Å². The molecule has 2 N–H and O–H groups in total. The van der Waals surface area contributed by atoms with E-state index in [1.54, 1.807) is 13.0 Å². The second-order valence-electron chi connectivity index (χ2n) is 5.57. The summed E-state index contributed by atoms with van der Waals surface area (Å²) in [4.78, 5) is 24.9. The summed E-state index contributed by atoms with van der Waals surface area (Å²) >= 11 is 0. The number of nitrogens with one attached hydrogen (secondary N) is 1. The van der Waals surface area contributed by atoms with Crippen molar-refractivity contribution in [1.29, 1.82) is 0 Å². The Hall–Kier alpha value is -2.11. The molecule has 2 rings (SSSR count). The Morgan fingerprint density at radius 3 is 2.81 bits per heavy atom. The van der Waals surface area contributed by atoms with Gasteiger partial charge in [-0.3, -0.25) is 0 Å². The molecule has 1 fully saturated rings. The third-order valence-electron chi connectivity index (χ3n) is 3.85. The number of aliphatic carboxylic acids is 1. The first-order valence-electron chi connectivity index (χ1n) is 6.95. The number of carbonyl (C=O) groups is 2. The van der Waals surface area contributed by atoms with Gasteiger partial charge in [0.2, 0.25) is 0 Å². The summed E-state index contributed by atoms with van der Waals surface area (Å²) in [7, 11) is 0. The SMILES string of the molecule is Cc1ccc(F)cc1NC(=O)N1CCC(C)CC1C(=O)O. The Balaban J connectivity index is 2.15. The molecule has 0 spiro atoms. The molecule has 1 saturated heterocycles. The van der Waals surface area contributed by atoms with Gasteiger partial charge in [-0.2, -0.15) is 0 Å². The lowest BCUT2D eigenvalue weighted by Crippen LogP contribution is -2.51. The van der Waals surface area contributed by atoms with E-state index in [1.165, 1.54) is 17.0 Å². The molecule has 1 aliphatic rings. The standard InChI is InChI=1S/C15H19FN2O3/c1-9-5-6-18(13(7-9)14(19)20)15(21)17-12-8-11(16)4-3-10(12)2/h3-4,8-9,13H,5-7H2,1-2H3,(H,17,21)(H,19,20). The van der Waals surface area contributed by atoms with E-state index in [0.29, 0.717) is 18.7 Å². The van der Waals surface area contributed by atoms with E-state index >= 15 is 0 Å². The van der Waals surface area contributed by atoms with Gasteiger partial charge in [-0.05, 0) is 43.4 Å². The van der Waals surface area contributed by atoms with E-state index in [4.69, 9.17) is 0 Å². The van der Waals surface area contributed by atoms with Crippen LogP contribution in [0.15, 0.2) is 18.2 Å². The zero-order valence-corrected chi connectivity index (χ0v) is 12.1. The molecule has 1 heterocycles. The molecule has 114 valence electrons. The van der Waals surface area contributed by atoms with Crippen molar-refractivity contribution in [2.24, 2.45) is 5.92 Å². The smallest absolute Gasteiger partial charge is 0.326 e. The number of nitrogens with zero attached hydrogens (tertiary/aromatic N) is 1. The summed E-state index contributed by atoms with van der Waals surface area (Å²) in [5.41, 5.74) is 1.09. The number of benzene rings is 1. The fourth-order valence-electron chi connectivity index (χ4n) is 2.53. The molecular weight excluding hydrogens is 275 g/mol. The van der Waals surface area contributed by atoms with Crippen LogP contribution in [-0.2, 0) is 4.79 Å². The number of carbonyl (C=O) groups excluding carboxylic acids is 1. The average Bonchev–Trinajstić information content (AvgIpc) is 2.42. The normalized spacial score (nSPS) is 22.0. The van der Waals surface area contributed by atoms with Crippen molar-refractivity contribution in [2.75, 3.05) is 11.9 Å². The van der Waals surface area contributed by atoms with E-state index in [9.17, 15) is 19.1 Å². The molecular formula is C15H19FN2O3. The highest BCUT2D eigenvalue weighted by Gasteiger charge is 2.34. The number of urea groups is 1. The molecule has 0 saturated carbocycles. The quantitative estimate of drug-likeness (QED) is 0.881. The monoisotopic (exact) mass is 294 g/mol. The second kappa shape index (κ2) is 6.11. The number of rotatable bonds is 2. The number of aryl methyl sites for hydroxylation is 1. The highest BCUT2D eigenvalue weighted by Crippen LogP contribution is 2.24. The van der Waals surface area contributed by atoms with Gasteiger partial charge in [0, 0.05) is 12.2 Å². The van der Waals surface area contributed by atoms with E-state index in [0.717, 1.165) is 12.0 Å². The molecule has 2 atom stereocenters. The van der Waals surface area contributed by atoms with Crippen LogP contribution in [0.25, 0.3) is 0 Å². The van der Waals surface area contributed by atoms with E-state index < -0.39 is 23.9 Å². The molecule has 0 aliphatic carbocycles. The maximum absolute atomic E-state index is 13.2. The van der Waals surface area contributed by atoms with Crippen LogP contribution < -0.4 is 5.32 Å². The summed E-state index contributed by atoms with van der Waals surface area (Å²) in [6.45, 7) is 4.11. The minimum absolute atomic E-state index is 0.269. The lowest BCUT2D eigenvalue weighted by molar-refractivity contribution is -0.143. The number of hydrogen-bond acceptors (Lipinski definition) is 2. The fourth-order valence-corrected chi connectivity index (χ4v) is 2.53. The summed E-state index contributed by atoms with van der Waals surface area (Å²) < 4.78 is 13.2. The number of halogens is 1. The third-order valence-corrected chi connectivity index (χ3v) is 3.85. The molecule has 6 heteroatoms. The van der Waals surface area contributed by atoms with Gasteiger partial charge in [0.1, 0.15) is 11.9 Å². The molecule has 1 aromatic rings. The number of piperidine rings is 1. The Morgan fingerprint density at radius 2 is 2.14 bits per heavy atom. The van der Waals surface area contributed by atoms with Crippen molar-refractivity contribution in [3.8, 4) is 0 Å². The number of hydrogen-bond donors (Lipinski definition) is 2. The number of amides is 2. The summed E-state index contributed by atoms with van der Waals surface area (Å²) in [6, 6.07) is 2.78. The fraction of sp³-hybridized carbons (Fsp3) is 0.467. The number of carboxylic acid groups (broad SMARTS) is 1. The van der Waals surface area contributed by atoms with E-state index in [1.807, 2.05) is 6.92 Å². The molecule has 21 heavy (non-hydrogen) atoms. The Morgan fingerprint density at radius 1 is 1.43 bits per heavy atom. The van der Waals surface area contributed by atoms with Crippen LogP contribution in [-0.4, -0.2) is 34.6 Å². The van der Waals surface area contributed by atoms with Gasteiger partial charge in [-0.15, -0.1) is 0 Å². The summed E-state index contributed by atoms with van der Waals surface area (Å²) in [5, 5.41) is 11.9.